The molecule has 1 aromatic rings. The van der Waals surface area contributed by atoms with Gasteiger partial charge in [-0.3, -0.25) is 23.7 Å². The molecule has 2 rings (SSSR count). The summed E-state index contributed by atoms with van der Waals surface area (Å²) in [4.78, 5) is 50.6. The number of esters is 1. The predicted molar refractivity (Wildman–Crippen MR) is 172 cm³/mol. The van der Waals surface area contributed by atoms with Crippen LogP contribution in [0.1, 0.15) is 109 Å². The van der Waals surface area contributed by atoms with Crippen LogP contribution in [-0.4, -0.2) is 73.1 Å². The van der Waals surface area contributed by atoms with E-state index in [0.29, 0.717) is 23.6 Å². The van der Waals surface area contributed by atoms with Crippen LogP contribution in [0.2, 0.25) is 0 Å². The summed E-state index contributed by atoms with van der Waals surface area (Å²) in [5.74, 6) is -1.70. The van der Waals surface area contributed by atoms with Crippen molar-refractivity contribution in [3.8, 4) is 0 Å². The zero-order valence-electron chi connectivity index (χ0n) is 28.1. The Morgan fingerprint density at radius 2 is 1.65 bits per heavy atom. The number of quaternary nitrogens is 1. The number of unbranched alkanes of at least 4 members (excludes halogenated alkanes) is 11. The molecule has 46 heavy (non-hydrogen) atoms. The Kier molecular flexibility index (Phi) is 18.2. The highest BCUT2D eigenvalue weighted by Gasteiger charge is 2.40. The number of hydrogen-bond donors (Lipinski definition) is 1. The van der Waals surface area contributed by atoms with Gasteiger partial charge in [-0.15, -0.1) is 0 Å². The topological polar surface area (TPSA) is 149 Å². The number of nitrogens with one attached hydrogen (secondary N) is 1. The van der Waals surface area contributed by atoms with Crippen LogP contribution in [0.5, 0.6) is 0 Å². The third-order valence-corrected chi connectivity index (χ3v) is 8.71. The first-order valence-electron chi connectivity index (χ1n) is 16.7. The van der Waals surface area contributed by atoms with Gasteiger partial charge in [-0.2, -0.15) is 4.39 Å². The largest absolute Gasteiger partial charge is 0.756 e. The summed E-state index contributed by atoms with van der Waals surface area (Å²) in [6.07, 6.45) is 16.8. The van der Waals surface area contributed by atoms with Crippen molar-refractivity contribution in [2.24, 2.45) is 0 Å². The van der Waals surface area contributed by atoms with Crippen LogP contribution in [-0.2, 0) is 27.9 Å². The van der Waals surface area contributed by atoms with E-state index in [0.717, 1.165) is 43.1 Å². The molecule has 0 bridgehead atoms. The molecule has 264 valence electrons. The van der Waals surface area contributed by atoms with Crippen molar-refractivity contribution < 1.29 is 41.6 Å². The van der Waals surface area contributed by atoms with Crippen molar-refractivity contribution in [1.29, 1.82) is 0 Å². The van der Waals surface area contributed by atoms with Gasteiger partial charge in [0, 0.05) is 12.8 Å². The van der Waals surface area contributed by atoms with Crippen LogP contribution in [0, 0.1) is 5.82 Å². The molecule has 14 heteroatoms. The normalized spacial score (nSPS) is 19.9. The van der Waals surface area contributed by atoms with Crippen molar-refractivity contribution in [2.75, 3.05) is 40.9 Å². The lowest BCUT2D eigenvalue weighted by Crippen LogP contribution is -2.37. The quantitative estimate of drug-likeness (QED) is 0.0518. The Balaban J connectivity index is 1.79. The summed E-state index contributed by atoms with van der Waals surface area (Å²) in [5.41, 5.74) is -2.10. The second-order valence-corrected chi connectivity index (χ2v) is 14.4. The van der Waals surface area contributed by atoms with Crippen molar-refractivity contribution >= 4 is 13.8 Å². The molecular formula is C32H55FN3O9P. The number of H-pyrrole nitrogens is 1. The van der Waals surface area contributed by atoms with Crippen LogP contribution in [0.15, 0.2) is 27.9 Å². The Morgan fingerprint density at radius 3 is 2.28 bits per heavy atom. The average Bonchev–Trinajstić information content (AvgIpc) is 3.37. The molecule has 0 aromatic carbocycles. The number of carbonyl (C=O) groups excluding carboxylic acids is 1. The third kappa shape index (κ3) is 16.6. The number of ether oxygens (including phenoxy) is 2. The van der Waals surface area contributed by atoms with E-state index < -0.39 is 55.9 Å². The van der Waals surface area contributed by atoms with E-state index in [2.05, 4.69) is 19.1 Å². The first kappa shape index (κ1) is 40.0. The van der Waals surface area contributed by atoms with E-state index in [1.807, 2.05) is 26.1 Å². The summed E-state index contributed by atoms with van der Waals surface area (Å²) in [6.45, 7) is 1.99. The molecule has 0 amide bonds. The van der Waals surface area contributed by atoms with Crippen LogP contribution in [0.25, 0.3) is 0 Å². The fraction of sp³-hybridized carbons (Fsp3) is 0.781. The number of likely N-dealkylation sites (N-methyl/N-ethyl adjacent to an activating group) is 1. The van der Waals surface area contributed by atoms with Crippen molar-refractivity contribution in [3.05, 3.63) is 45.0 Å². The lowest BCUT2D eigenvalue weighted by molar-refractivity contribution is -0.870. The summed E-state index contributed by atoms with van der Waals surface area (Å²) >= 11 is 0. The highest BCUT2D eigenvalue weighted by atomic mass is 31.2. The van der Waals surface area contributed by atoms with Crippen molar-refractivity contribution in [3.63, 3.8) is 0 Å². The number of aromatic amines is 1. The standard InChI is InChI=1S/C32H55FN3O9P/c1-5-6-7-8-9-10-11-12-13-14-15-16-17-18-19-20-30(37)45-27-23-29(35-24-26(33)31(38)34-32(35)39)44-28(27)25-43-46(40,41)42-22-21-36(2,3)4/h12-13,24,27-29H,5-11,14-23,25H2,1-4H3,(H-,34,38,39,40,41)/b13-12-/t27-,28+,29+/m0/s1. The molecule has 12 nitrogen and oxygen atoms in total. The van der Waals surface area contributed by atoms with Crippen molar-refractivity contribution in [2.45, 2.75) is 122 Å². The molecule has 1 aromatic heterocycles. The number of nitrogens with zero attached hydrogens (tertiary/aromatic N) is 2. The molecule has 1 N–H and O–H groups in total. The van der Waals surface area contributed by atoms with E-state index in [4.69, 9.17) is 18.5 Å². The van der Waals surface area contributed by atoms with Gasteiger partial charge in [0.2, 0.25) is 5.82 Å². The maximum Gasteiger partial charge on any atom is 0.330 e. The van der Waals surface area contributed by atoms with Gasteiger partial charge in [0.05, 0.1) is 33.9 Å². The summed E-state index contributed by atoms with van der Waals surface area (Å²) in [6, 6.07) is 0. The number of carbonyl (C=O) groups is 1. The van der Waals surface area contributed by atoms with Gasteiger partial charge >= 0.3 is 11.7 Å². The van der Waals surface area contributed by atoms with E-state index >= 15 is 0 Å². The Morgan fingerprint density at radius 1 is 1.04 bits per heavy atom. The monoisotopic (exact) mass is 675 g/mol. The molecular weight excluding hydrogens is 620 g/mol. The van der Waals surface area contributed by atoms with E-state index in [1.54, 1.807) is 0 Å². The molecule has 1 aliphatic rings. The van der Waals surface area contributed by atoms with Crippen LogP contribution < -0.4 is 16.1 Å². The Bertz CT molecular complexity index is 1230. The van der Waals surface area contributed by atoms with E-state index in [1.165, 1.54) is 38.5 Å². The lowest BCUT2D eigenvalue weighted by atomic mass is 10.1. The van der Waals surface area contributed by atoms with Crippen LogP contribution in [0.3, 0.4) is 0 Å². The molecule has 0 saturated carbocycles. The summed E-state index contributed by atoms with van der Waals surface area (Å²) in [7, 11) is 0.922. The number of phosphoric acid groups is 1. The van der Waals surface area contributed by atoms with Gasteiger partial charge in [-0.1, -0.05) is 70.4 Å². The number of aromatic nitrogens is 2. The summed E-state index contributed by atoms with van der Waals surface area (Å²) in [5, 5.41) is 0. The molecule has 1 aliphatic heterocycles. The zero-order chi connectivity index (χ0) is 34.0. The van der Waals surface area contributed by atoms with Gasteiger partial charge in [0.1, 0.15) is 31.6 Å². The number of halogens is 1. The first-order chi connectivity index (χ1) is 21.8. The highest BCUT2D eigenvalue weighted by molar-refractivity contribution is 7.45. The van der Waals surface area contributed by atoms with Crippen molar-refractivity contribution in [1.82, 2.24) is 9.55 Å². The minimum atomic E-state index is -4.71. The molecule has 2 heterocycles. The van der Waals surface area contributed by atoms with Crippen LogP contribution in [0.4, 0.5) is 4.39 Å². The van der Waals surface area contributed by atoms with Crippen LogP contribution >= 0.6 is 7.82 Å². The molecule has 0 radical (unpaired) electrons. The van der Waals surface area contributed by atoms with Gasteiger partial charge in [-0.05, 0) is 32.1 Å². The van der Waals surface area contributed by atoms with Gasteiger partial charge in [-0.25, -0.2) is 4.79 Å². The second kappa shape index (κ2) is 21.0. The fourth-order valence-corrected chi connectivity index (χ4v) is 5.73. The number of allylic oxidation sites excluding steroid dienone is 2. The lowest BCUT2D eigenvalue weighted by Gasteiger charge is -2.28. The molecule has 1 saturated heterocycles. The molecule has 1 fully saturated rings. The molecule has 0 aliphatic carbocycles. The highest BCUT2D eigenvalue weighted by Crippen LogP contribution is 2.40. The van der Waals surface area contributed by atoms with E-state index in [-0.39, 0.29) is 19.4 Å². The number of phosphoric ester groups is 1. The SMILES string of the molecule is CCCCCCCC/C=C\CCCCCCCC(=O)O[C@H]1C[C@H](n2cc(F)c(=O)[nH]c2=O)O[C@@H]1COP(=O)([O-])OCC[N+](C)(C)C. The fourth-order valence-electron chi connectivity index (χ4n) is 5.02. The first-order valence-corrected chi connectivity index (χ1v) is 18.2. The van der Waals surface area contributed by atoms with E-state index in [9.17, 15) is 28.2 Å². The zero-order valence-corrected chi connectivity index (χ0v) is 29.0. The minimum absolute atomic E-state index is 0.0803. The molecule has 1 unspecified atom stereocenters. The Labute approximate surface area is 272 Å². The minimum Gasteiger partial charge on any atom is -0.756 e. The van der Waals surface area contributed by atoms with Gasteiger partial charge < -0.3 is 27.9 Å². The second-order valence-electron chi connectivity index (χ2n) is 13.0. The maximum absolute atomic E-state index is 13.9. The van der Waals surface area contributed by atoms with Gasteiger partial charge in [0.15, 0.2) is 0 Å². The number of hydrogen-bond acceptors (Lipinski definition) is 9. The number of rotatable bonds is 24. The third-order valence-electron chi connectivity index (χ3n) is 7.75. The Hall–Kier alpha value is -2.15. The predicted octanol–water partition coefficient (Wildman–Crippen LogP) is 5.12. The average molecular weight is 676 g/mol. The molecule has 4 atom stereocenters. The van der Waals surface area contributed by atoms with Gasteiger partial charge in [0.25, 0.3) is 13.4 Å². The molecule has 0 spiro atoms. The summed E-state index contributed by atoms with van der Waals surface area (Å²) < 4.78 is 48.9. The smallest absolute Gasteiger partial charge is 0.330 e. The maximum atomic E-state index is 13.9.